The molecule has 3 aromatic rings. The van der Waals surface area contributed by atoms with Gasteiger partial charge in [0.2, 0.25) is 0 Å². The number of ether oxygens (including phenoxy) is 1. The Kier molecular flexibility index (Phi) is 5.18. The molecule has 0 N–H and O–H groups in total. The fourth-order valence-electron chi connectivity index (χ4n) is 2.94. The van der Waals surface area contributed by atoms with Crippen molar-refractivity contribution >= 4 is 17.0 Å². The van der Waals surface area contributed by atoms with Crippen LogP contribution in [0.15, 0.2) is 53.3 Å². The van der Waals surface area contributed by atoms with Crippen LogP contribution in [0.25, 0.3) is 11.0 Å². The predicted molar refractivity (Wildman–Crippen MR) is 97.9 cm³/mol. The number of esters is 1. The van der Waals surface area contributed by atoms with Crippen molar-refractivity contribution in [3.8, 4) is 11.8 Å². The molecule has 1 heterocycles. The molecule has 26 heavy (non-hydrogen) atoms. The Bertz CT molecular complexity index is 1040. The lowest BCUT2D eigenvalue weighted by Crippen LogP contribution is -2.25. The van der Waals surface area contributed by atoms with Gasteiger partial charge in [-0.05, 0) is 36.8 Å². The molecule has 0 aliphatic heterocycles. The van der Waals surface area contributed by atoms with Crippen LogP contribution in [0.1, 0.15) is 25.3 Å². The molecule has 0 fully saturated rings. The first-order valence-electron chi connectivity index (χ1n) is 8.53. The van der Waals surface area contributed by atoms with Gasteiger partial charge in [0.1, 0.15) is 5.75 Å². The highest BCUT2D eigenvalue weighted by Gasteiger charge is 2.14. The first-order valence-corrected chi connectivity index (χ1v) is 8.53. The number of nitrogens with zero attached hydrogens (tertiary/aromatic N) is 3. The number of benzene rings is 2. The van der Waals surface area contributed by atoms with Crippen molar-refractivity contribution < 1.29 is 9.53 Å². The monoisotopic (exact) mass is 349 g/mol. The van der Waals surface area contributed by atoms with E-state index in [4.69, 9.17) is 10.00 Å². The largest absolute Gasteiger partial charge is 0.426 e. The molecule has 0 saturated heterocycles. The van der Waals surface area contributed by atoms with Crippen LogP contribution in [0.2, 0.25) is 0 Å². The molecule has 0 amide bonds. The van der Waals surface area contributed by atoms with E-state index in [0.29, 0.717) is 17.9 Å². The summed E-state index contributed by atoms with van der Waals surface area (Å²) in [4.78, 5) is 24.8. The maximum atomic E-state index is 12.7. The molecule has 1 aromatic heterocycles. The zero-order valence-corrected chi connectivity index (χ0v) is 14.5. The topological polar surface area (TPSA) is 77.0 Å². The van der Waals surface area contributed by atoms with Crippen LogP contribution in [-0.4, -0.2) is 15.1 Å². The number of hydrogen-bond donors (Lipinski definition) is 0. The number of nitriles is 1. The van der Waals surface area contributed by atoms with E-state index < -0.39 is 5.97 Å². The Morgan fingerprint density at radius 2 is 1.77 bits per heavy atom. The number of aryl methyl sites for hydroxylation is 2. The summed E-state index contributed by atoms with van der Waals surface area (Å²) < 4.78 is 8.61. The van der Waals surface area contributed by atoms with E-state index >= 15 is 0 Å². The van der Waals surface area contributed by atoms with Crippen molar-refractivity contribution in [3.63, 3.8) is 0 Å². The molecule has 0 radical (unpaired) electrons. The van der Waals surface area contributed by atoms with Crippen molar-refractivity contribution in [1.29, 1.82) is 5.26 Å². The van der Waals surface area contributed by atoms with E-state index in [2.05, 4.69) is 0 Å². The minimum atomic E-state index is -0.445. The number of aromatic nitrogens is 2. The third kappa shape index (κ3) is 3.52. The Labute approximate surface area is 150 Å². The van der Waals surface area contributed by atoms with E-state index in [0.717, 1.165) is 17.5 Å². The molecule has 2 aromatic carbocycles. The van der Waals surface area contributed by atoms with Gasteiger partial charge in [0.15, 0.2) is 0 Å². The van der Waals surface area contributed by atoms with Gasteiger partial charge in [-0.25, -0.2) is 4.79 Å². The van der Waals surface area contributed by atoms with Crippen LogP contribution < -0.4 is 10.4 Å². The van der Waals surface area contributed by atoms with E-state index in [1.807, 2.05) is 37.3 Å². The van der Waals surface area contributed by atoms with Gasteiger partial charge < -0.3 is 4.74 Å². The van der Waals surface area contributed by atoms with E-state index in [1.54, 1.807) is 27.3 Å². The minimum absolute atomic E-state index is 0.0663. The molecule has 6 nitrogen and oxygen atoms in total. The molecular weight excluding hydrogens is 330 g/mol. The predicted octanol–water partition coefficient (Wildman–Crippen LogP) is 3.08. The Morgan fingerprint density at radius 1 is 1.08 bits per heavy atom. The average molecular weight is 349 g/mol. The lowest BCUT2D eigenvalue weighted by atomic mass is 10.2. The number of fused-ring (bicyclic) bond motifs is 1. The maximum absolute atomic E-state index is 12.7. The van der Waals surface area contributed by atoms with Crippen LogP contribution in [0, 0.1) is 11.3 Å². The van der Waals surface area contributed by atoms with Crippen LogP contribution in [-0.2, 0) is 17.9 Å². The van der Waals surface area contributed by atoms with Crippen LogP contribution >= 0.6 is 0 Å². The van der Waals surface area contributed by atoms with Crippen LogP contribution in [0.5, 0.6) is 5.75 Å². The first kappa shape index (κ1) is 17.5. The lowest BCUT2D eigenvalue weighted by molar-refractivity contribution is -0.134. The molecule has 3 rings (SSSR count). The molecule has 132 valence electrons. The molecule has 0 atom stereocenters. The summed E-state index contributed by atoms with van der Waals surface area (Å²) in [6, 6.07) is 16.0. The highest BCUT2D eigenvalue weighted by molar-refractivity contribution is 5.77. The van der Waals surface area contributed by atoms with E-state index in [1.165, 1.54) is 6.07 Å². The average Bonchev–Trinajstić information content (AvgIpc) is 2.92. The van der Waals surface area contributed by atoms with Gasteiger partial charge >= 0.3 is 11.7 Å². The summed E-state index contributed by atoms with van der Waals surface area (Å²) in [5, 5.41) is 8.89. The molecule has 6 heteroatoms. The zero-order chi connectivity index (χ0) is 18.5. The standard InChI is InChI=1S/C20H19N3O3/c1-2-11-22-17-8-3-4-9-18(17)23(20(22)25)12-10-19(24)26-16-7-5-6-15(13-16)14-21/h3-9,13H,2,10-12H2,1H3. The molecule has 0 unspecified atom stereocenters. The number of carbonyl (C=O) groups excluding carboxylic acids is 1. The van der Waals surface area contributed by atoms with Gasteiger partial charge in [0, 0.05) is 13.1 Å². The van der Waals surface area contributed by atoms with Gasteiger partial charge in [0.05, 0.1) is 29.1 Å². The Hall–Kier alpha value is -3.33. The third-order valence-electron chi connectivity index (χ3n) is 4.11. The maximum Gasteiger partial charge on any atom is 0.329 e. The second-order valence-electron chi connectivity index (χ2n) is 5.94. The zero-order valence-electron chi connectivity index (χ0n) is 14.5. The van der Waals surface area contributed by atoms with Gasteiger partial charge in [-0.2, -0.15) is 5.26 Å². The van der Waals surface area contributed by atoms with E-state index in [-0.39, 0.29) is 18.7 Å². The van der Waals surface area contributed by atoms with Gasteiger partial charge in [0.25, 0.3) is 0 Å². The normalized spacial score (nSPS) is 10.6. The van der Waals surface area contributed by atoms with Crippen molar-refractivity contribution in [1.82, 2.24) is 9.13 Å². The number of para-hydroxylation sites is 2. The molecule has 0 aliphatic rings. The summed E-state index contributed by atoms with van der Waals surface area (Å²) in [5.41, 5.74) is 1.99. The summed E-state index contributed by atoms with van der Waals surface area (Å²) in [6.07, 6.45) is 0.919. The van der Waals surface area contributed by atoms with Gasteiger partial charge in [-0.15, -0.1) is 0 Å². The number of carbonyl (C=O) groups is 1. The fourth-order valence-corrected chi connectivity index (χ4v) is 2.94. The third-order valence-corrected chi connectivity index (χ3v) is 4.11. The second kappa shape index (κ2) is 7.70. The summed E-state index contributed by atoms with van der Waals surface area (Å²) in [6.45, 7) is 2.90. The summed E-state index contributed by atoms with van der Waals surface area (Å²) in [5.74, 6) is -0.117. The smallest absolute Gasteiger partial charge is 0.329 e. The summed E-state index contributed by atoms with van der Waals surface area (Å²) >= 11 is 0. The van der Waals surface area contributed by atoms with Crippen LogP contribution in [0.3, 0.4) is 0 Å². The fraction of sp³-hybridized carbons (Fsp3) is 0.250. The number of hydrogen-bond acceptors (Lipinski definition) is 4. The highest BCUT2D eigenvalue weighted by Crippen LogP contribution is 2.15. The molecule has 0 saturated carbocycles. The molecule has 0 bridgehead atoms. The second-order valence-corrected chi connectivity index (χ2v) is 5.94. The summed E-state index contributed by atoms with van der Waals surface area (Å²) in [7, 11) is 0. The number of rotatable bonds is 6. The number of imidazole rings is 1. The first-order chi connectivity index (χ1) is 12.6. The minimum Gasteiger partial charge on any atom is -0.426 e. The Morgan fingerprint density at radius 3 is 2.42 bits per heavy atom. The van der Waals surface area contributed by atoms with Gasteiger partial charge in [-0.3, -0.25) is 13.9 Å². The highest BCUT2D eigenvalue weighted by atomic mass is 16.5. The van der Waals surface area contributed by atoms with Crippen molar-refractivity contribution in [2.45, 2.75) is 32.9 Å². The van der Waals surface area contributed by atoms with Crippen molar-refractivity contribution in [2.75, 3.05) is 0 Å². The quantitative estimate of drug-likeness (QED) is 0.506. The molecule has 0 aliphatic carbocycles. The SMILES string of the molecule is CCCn1c(=O)n(CCC(=O)Oc2cccc(C#N)c2)c2ccccc21. The van der Waals surface area contributed by atoms with Gasteiger partial charge in [-0.1, -0.05) is 25.1 Å². The van der Waals surface area contributed by atoms with E-state index in [9.17, 15) is 9.59 Å². The molecular formula is C20H19N3O3. The van der Waals surface area contributed by atoms with Crippen molar-refractivity contribution in [3.05, 3.63) is 64.6 Å². The van der Waals surface area contributed by atoms with Crippen molar-refractivity contribution in [2.24, 2.45) is 0 Å². The molecule has 0 spiro atoms. The van der Waals surface area contributed by atoms with Crippen LogP contribution in [0.4, 0.5) is 0 Å². The lowest BCUT2D eigenvalue weighted by Gasteiger charge is -2.05. The Balaban J connectivity index is 1.77.